The summed E-state index contributed by atoms with van der Waals surface area (Å²) in [5.74, 6) is 0.826. The summed E-state index contributed by atoms with van der Waals surface area (Å²) in [5.41, 5.74) is 3.29. The molecule has 0 spiro atoms. The van der Waals surface area contributed by atoms with Gasteiger partial charge in [0.1, 0.15) is 5.75 Å². The first-order valence-corrected chi connectivity index (χ1v) is 8.88. The molecular formula is C20H23N3O2. The van der Waals surface area contributed by atoms with E-state index in [9.17, 15) is 4.79 Å². The fourth-order valence-electron chi connectivity index (χ4n) is 3.44. The van der Waals surface area contributed by atoms with Crippen LogP contribution in [0.25, 0.3) is 0 Å². The van der Waals surface area contributed by atoms with E-state index in [0.29, 0.717) is 6.54 Å². The van der Waals surface area contributed by atoms with Gasteiger partial charge in [0.05, 0.1) is 5.69 Å². The maximum Gasteiger partial charge on any atom is 0.265 e. The molecule has 2 aromatic rings. The van der Waals surface area contributed by atoms with Crippen LogP contribution in [0.3, 0.4) is 0 Å². The quantitative estimate of drug-likeness (QED) is 0.928. The topological polar surface area (TPSA) is 44.8 Å². The Balaban J connectivity index is 1.57. The van der Waals surface area contributed by atoms with Crippen LogP contribution >= 0.6 is 0 Å². The summed E-state index contributed by atoms with van der Waals surface area (Å²) < 4.78 is 5.64. The lowest BCUT2D eigenvalue weighted by atomic mass is 10.1. The van der Waals surface area contributed by atoms with Gasteiger partial charge in [-0.3, -0.25) is 4.79 Å². The van der Waals surface area contributed by atoms with Crippen molar-refractivity contribution in [1.82, 2.24) is 5.32 Å². The van der Waals surface area contributed by atoms with Crippen LogP contribution in [-0.2, 0) is 11.2 Å². The normalized spacial score (nSPS) is 17.2. The summed E-state index contributed by atoms with van der Waals surface area (Å²) >= 11 is 0. The molecule has 2 heterocycles. The Labute approximate surface area is 148 Å². The Hall–Kier alpha value is -2.53. The van der Waals surface area contributed by atoms with Gasteiger partial charge in [0.25, 0.3) is 5.91 Å². The van der Waals surface area contributed by atoms with E-state index in [-0.39, 0.29) is 12.5 Å². The molecule has 2 aromatic carbocycles. The average Bonchev–Trinajstić information content (AvgIpc) is 2.68. The number of ether oxygens (including phenoxy) is 1. The van der Waals surface area contributed by atoms with E-state index in [2.05, 4.69) is 34.5 Å². The largest absolute Gasteiger partial charge is 0.482 e. The molecule has 5 nitrogen and oxygen atoms in total. The minimum absolute atomic E-state index is 0.0286. The Kier molecular flexibility index (Phi) is 4.57. The molecule has 1 fully saturated rings. The van der Waals surface area contributed by atoms with Crippen LogP contribution in [0.15, 0.2) is 48.5 Å². The van der Waals surface area contributed by atoms with Crippen molar-refractivity contribution >= 4 is 17.3 Å². The van der Waals surface area contributed by atoms with E-state index in [0.717, 1.165) is 49.7 Å². The van der Waals surface area contributed by atoms with E-state index in [1.54, 1.807) is 0 Å². The number of fused-ring (bicyclic) bond motifs is 1. The number of benzene rings is 2. The van der Waals surface area contributed by atoms with Gasteiger partial charge in [-0.2, -0.15) is 0 Å². The van der Waals surface area contributed by atoms with Gasteiger partial charge < -0.3 is 19.9 Å². The van der Waals surface area contributed by atoms with E-state index < -0.39 is 0 Å². The van der Waals surface area contributed by atoms with Crippen LogP contribution < -0.4 is 19.9 Å². The molecule has 0 aliphatic carbocycles. The third-order valence-electron chi connectivity index (χ3n) is 4.83. The zero-order valence-electron chi connectivity index (χ0n) is 14.3. The van der Waals surface area contributed by atoms with E-state index in [4.69, 9.17) is 4.74 Å². The van der Waals surface area contributed by atoms with Gasteiger partial charge in [-0.15, -0.1) is 0 Å². The molecule has 0 saturated carbocycles. The summed E-state index contributed by atoms with van der Waals surface area (Å²) in [6, 6.07) is 16.5. The van der Waals surface area contributed by atoms with Gasteiger partial charge in [0, 0.05) is 38.4 Å². The summed E-state index contributed by atoms with van der Waals surface area (Å²) in [7, 11) is 0. The Morgan fingerprint density at radius 1 is 1.04 bits per heavy atom. The summed E-state index contributed by atoms with van der Waals surface area (Å²) in [4.78, 5) is 16.7. The monoisotopic (exact) mass is 337 g/mol. The van der Waals surface area contributed by atoms with Crippen molar-refractivity contribution in [2.24, 2.45) is 0 Å². The summed E-state index contributed by atoms with van der Waals surface area (Å²) in [5, 5.41) is 3.37. The highest BCUT2D eigenvalue weighted by Gasteiger charge is 2.26. The van der Waals surface area contributed by atoms with Gasteiger partial charge in [-0.1, -0.05) is 30.3 Å². The lowest BCUT2D eigenvalue weighted by Crippen LogP contribution is -2.44. The third kappa shape index (κ3) is 3.46. The molecule has 1 amide bonds. The van der Waals surface area contributed by atoms with Crippen LogP contribution in [0.4, 0.5) is 11.4 Å². The molecule has 130 valence electrons. The second-order valence-corrected chi connectivity index (χ2v) is 6.46. The summed E-state index contributed by atoms with van der Waals surface area (Å²) in [6.07, 6.45) is 0.837. The van der Waals surface area contributed by atoms with E-state index >= 15 is 0 Å². The van der Waals surface area contributed by atoms with Crippen LogP contribution in [0, 0.1) is 0 Å². The number of carbonyl (C=O) groups excluding carboxylic acids is 1. The van der Waals surface area contributed by atoms with Gasteiger partial charge in [-0.25, -0.2) is 0 Å². The van der Waals surface area contributed by atoms with Crippen molar-refractivity contribution in [1.29, 1.82) is 0 Å². The van der Waals surface area contributed by atoms with Crippen molar-refractivity contribution in [3.8, 4) is 5.75 Å². The number of nitrogens with one attached hydrogen (secondary N) is 1. The maximum atomic E-state index is 12.4. The number of nitrogens with zero attached hydrogens (tertiary/aromatic N) is 2. The van der Waals surface area contributed by atoms with Gasteiger partial charge in [0.15, 0.2) is 6.61 Å². The zero-order chi connectivity index (χ0) is 17.1. The van der Waals surface area contributed by atoms with Crippen molar-refractivity contribution in [3.63, 3.8) is 0 Å². The summed E-state index contributed by atoms with van der Waals surface area (Å²) in [6.45, 7) is 4.74. The number of amides is 1. The van der Waals surface area contributed by atoms with Gasteiger partial charge >= 0.3 is 0 Å². The molecule has 2 aliphatic rings. The van der Waals surface area contributed by atoms with E-state index in [1.165, 1.54) is 5.56 Å². The van der Waals surface area contributed by atoms with Gasteiger partial charge in [0.2, 0.25) is 0 Å². The molecule has 0 bridgehead atoms. The Morgan fingerprint density at radius 2 is 1.84 bits per heavy atom. The highest BCUT2D eigenvalue weighted by atomic mass is 16.5. The standard InChI is InChI=1S/C20H23N3O2/c24-20-15-25-19-7-6-17(22-12-9-21-10-13-22)14-18(19)23(20)11-8-16-4-2-1-3-5-16/h1-7,14,21H,8-13,15H2. The van der Waals surface area contributed by atoms with Gasteiger partial charge in [-0.05, 0) is 30.2 Å². The lowest BCUT2D eigenvalue weighted by Gasteiger charge is -2.33. The molecule has 4 rings (SSSR count). The maximum absolute atomic E-state index is 12.4. The fourth-order valence-corrected chi connectivity index (χ4v) is 3.44. The lowest BCUT2D eigenvalue weighted by molar-refractivity contribution is -0.121. The first kappa shape index (κ1) is 16.0. The van der Waals surface area contributed by atoms with Crippen LogP contribution in [-0.4, -0.2) is 45.2 Å². The van der Waals surface area contributed by atoms with Crippen molar-refractivity contribution < 1.29 is 9.53 Å². The predicted octanol–water partition coefficient (Wildman–Crippen LogP) is 2.06. The molecule has 1 N–H and O–H groups in total. The zero-order valence-corrected chi connectivity index (χ0v) is 14.3. The molecule has 0 atom stereocenters. The van der Waals surface area contributed by atoms with Crippen LogP contribution in [0.2, 0.25) is 0 Å². The number of hydrogen-bond acceptors (Lipinski definition) is 4. The third-order valence-corrected chi connectivity index (χ3v) is 4.83. The first-order chi connectivity index (χ1) is 12.3. The molecule has 1 saturated heterocycles. The molecule has 5 heteroatoms. The molecular weight excluding hydrogens is 314 g/mol. The fraction of sp³-hybridized carbons (Fsp3) is 0.350. The number of hydrogen-bond donors (Lipinski definition) is 1. The highest BCUT2D eigenvalue weighted by Crippen LogP contribution is 2.35. The number of rotatable bonds is 4. The Morgan fingerprint density at radius 3 is 2.64 bits per heavy atom. The highest BCUT2D eigenvalue weighted by molar-refractivity contribution is 5.98. The first-order valence-electron chi connectivity index (χ1n) is 8.88. The average molecular weight is 337 g/mol. The molecule has 2 aliphatic heterocycles. The smallest absolute Gasteiger partial charge is 0.265 e. The minimum atomic E-state index is 0.0286. The van der Waals surface area contributed by atoms with Crippen molar-refractivity contribution in [2.75, 3.05) is 49.1 Å². The predicted molar refractivity (Wildman–Crippen MR) is 99.5 cm³/mol. The molecule has 0 radical (unpaired) electrons. The van der Waals surface area contributed by atoms with Crippen LogP contribution in [0.5, 0.6) is 5.75 Å². The molecule has 0 unspecified atom stereocenters. The molecule has 25 heavy (non-hydrogen) atoms. The van der Waals surface area contributed by atoms with E-state index in [1.807, 2.05) is 29.2 Å². The second kappa shape index (κ2) is 7.15. The molecule has 0 aromatic heterocycles. The van der Waals surface area contributed by atoms with Crippen molar-refractivity contribution in [3.05, 3.63) is 54.1 Å². The van der Waals surface area contributed by atoms with Crippen LogP contribution in [0.1, 0.15) is 5.56 Å². The number of anilines is 2. The number of piperazine rings is 1. The number of carbonyl (C=O) groups is 1. The second-order valence-electron chi connectivity index (χ2n) is 6.46. The van der Waals surface area contributed by atoms with Crippen molar-refractivity contribution in [2.45, 2.75) is 6.42 Å². The SMILES string of the molecule is O=C1COc2ccc(N3CCNCC3)cc2N1CCc1ccccc1. The Bertz CT molecular complexity index is 742. The minimum Gasteiger partial charge on any atom is -0.482 e.